The van der Waals surface area contributed by atoms with Crippen molar-refractivity contribution in [2.45, 2.75) is 44.9 Å². The van der Waals surface area contributed by atoms with Crippen molar-refractivity contribution < 1.29 is 24.3 Å². The van der Waals surface area contributed by atoms with Gasteiger partial charge in [-0.25, -0.2) is 9.86 Å². The maximum Gasteiger partial charge on any atom is 0.408 e. The molecule has 1 fully saturated rings. The number of nitrogens with one attached hydrogen (secondary N) is 1. The summed E-state index contributed by atoms with van der Waals surface area (Å²) in [7, 11) is 0. The number of amides is 2. The molecule has 0 radical (unpaired) electrons. The van der Waals surface area contributed by atoms with E-state index in [1.807, 2.05) is 30.3 Å². The van der Waals surface area contributed by atoms with E-state index >= 15 is 0 Å². The molecule has 0 saturated carbocycles. The number of alkyl carbamates (subject to hydrolysis) is 1. The topological polar surface area (TPSA) is 88.1 Å². The van der Waals surface area contributed by atoms with E-state index in [4.69, 9.17) is 9.57 Å². The van der Waals surface area contributed by atoms with E-state index in [0.717, 1.165) is 10.6 Å². The van der Waals surface area contributed by atoms with Crippen molar-refractivity contribution in [3.05, 3.63) is 35.9 Å². The molecule has 0 aliphatic carbocycles. The highest BCUT2D eigenvalue weighted by molar-refractivity contribution is 5.85. The molecule has 0 bridgehead atoms. The minimum absolute atomic E-state index is 0.0657. The number of hydrogen-bond acceptors (Lipinski definition) is 5. The van der Waals surface area contributed by atoms with Crippen LogP contribution in [0.1, 0.15) is 26.3 Å². The molecule has 2 amide bonds. The fourth-order valence-corrected chi connectivity index (χ4v) is 2.30. The zero-order valence-corrected chi connectivity index (χ0v) is 14.2. The highest BCUT2D eigenvalue weighted by Gasteiger charge is 2.33. The Morgan fingerprint density at radius 3 is 2.58 bits per heavy atom. The number of rotatable bonds is 4. The van der Waals surface area contributed by atoms with Crippen molar-refractivity contribution >= 4 is 12.0 Å². The molecule has 2 rings (SSSR count). The van der Waals surface area contributed by atoms with Crippen LogP contribution in [0.4, 0.5) is 4.79 Å². The first kappa shape index (κ1) is 18.2. The zero-order chi connectivity index (χ0) is 17.7. The number of benzene rings is 1. The van der Waals surface area contributed by atoms with Gasteiger partial charge in [-0.1, -0.05) is 30.3 Å². The van der Waals surface area contributed by atoms with Crippen LogP contribution in [0, 0.1) is 0 Å². The first-order valence-corrected chi connectivity index (χ1v) is 7.90. The van der Waals surface area contributed by atoms with Gasteiger partial charge in [-0.3, -0.25) is 9.63 Å². The average molecular weight is 336 g/mol. The Bertz CT molecular complexity index is 570. The number of nitrogens with zero attached hydrogens (tertiary/aromatic N) is 1. The number of carbonyl (C=O) groups excluding carboxylic acids is 2. The maximum atomic E-state index is 12.6. The lowest BCUT2D eigenvalue weighted by Gasteiger charge is -2.25. The van der Waals surface area contributed by atoms with Crippen molar-refractivity contribution in [3.8, 4) is 0 Å². The summed E-state index contributed by atoms with van der Waals surface area (Å²) >= 11 is 0. The minimum atomic E-state index is -0.840. The minimum Gasteiger partial charge on any atom is -0.444 e. The van der Waals surface area contributed by atoms with Crippen LogP contribution >= 0.6 is 0 Å². The van der Waals surface area contributed by atoms with E-state index in [-0.39, 0.29) is 13.2 Å². The largest absolute Gasteiger partial charge is 0.444 e. The van der Waals surface area contributed by atoms with Gasteiger partial charge in [0.1, 0.15) is 24.4 Å². The number of carbonyl (C=O) groups is 2. The molecule has 1 aliphatic rings. The molecule has 1 aromatic rings. The van der Waals surface area contributed by atoms with E-state index in [1.54, 1.807) is 20.8 Å². The molecule has 1 unspecified atom stereocenters. The van der Waals surface area contributed by atoms with Gasteiger partial charge in [0.2, 0.25) is 0 Å². The van der Waals surface area contributed by atoms with Gasteiger partial charge >= 0.3 is 6.09 Å². The van der Waals surface area contributed by atoms with Gasteiger partial charge in [-0.15, -0.1) is 0 Å². The molecular weight excluding hydrogens is 312 g/mol. The number of aliphatic hydroxyl groups excluding tert-OH is 1. The third-order valence-corrected chi connectivity index (χ3v) is 3.32. The van der Waals surface area contributed by atoms with Crippen LogP contribution in [0.2, 0.25) is 0 Å². The van der Waals surface area contributed by atoms with Gasteiger partial charge < -0.3 is 15.2 Å². The van der Waals surface area contributed by atoms with Crippen molar-refractivity contribution in [2.75, 3.05) is 13.2 Å². The average Bonchev–Trinajstić information content (AvgIpc) is 2.91. The van der Waals surface area contributed by atoms with Crippen LogP contribution in [0.15, 0.2) is 30.3 Å². The molecule has 1 aliphatic heterocycles. The molecule has 2 atom stereocenters. The van der Waals surface area contributed by atoms with Gasteiger partial charge in [0.05, 0.1) is 6.54 Å². The molecule has 7 heteroatoms. The summed E-state index contributed by atoms with van der Waals surface area (Å²) in [5, 5.41) is 13.2. The van der Waals surface area contributed by atoms with E-state index in [1.165, 1.54) is 0 Å². The lowest BCUT2D eigenvalue weighted by molar-refractivity contribution is -0.171. The van der Waals surface area contributed by atoms with E-state index in [9.17, 15) is 14.7 Å². The molecular formula is C17H24N2O5. The van der Waals surface area contributed by atoms with Crippen LogP contribution in [-0.4, -0.2) is 53.1 Å². The molecule has 7 nitrogen and oxygen atoms in total. The summed E-state index contributed by atoms with van der Waals surface area (Å²) in [5.74, 6) is -0.415. The summed E-state index contributed by atoms with van der Waals surface area (Å²) in [6, 6.07) is 8.50. The summed E-state index contributed by atoms with van der Waals surface area (Å²) in [4.78, 5) is 29.8. The van der Waals surface area contributed by atoms with Gasteiger partial charge in [-0.2, -0.15) is 0 Å². The standard InChI is InChI=1S/C17H24N2O5/c1-17(2,3)24-16(22)18-14(9-12-7-5-4-6-8-12)15(21)19-10-13(20)11-23-19/h4-8,13-14,20H,9-11H2,1-3H3,(H,18,22)/t13?,14-/m0/s1. The Kier molecular flexibility index (Phi) is 5.80. The third kappa shape index (κ3) is 5.50. The Hall–Kier alpha value is -2.12. The lowest BCUT2D eigenvalue weighted by atomic mass is 10.1. The van der Waals surface area contributed by atoms with Crippen molar-refractivity contribution in [3.63, 3.8) is 0 Å². The van der Waals surface area contributed by atoms with Crippen LogP contribution in [0.25, 0.3) is 0 Å². The fraction of sp³-hybridized carbons (Fsp3) is 0.529. The summed E-state index contributed by atoms with van der Waals surface area (Å²) in [6.45, 7) is 5.40. The van der Waals surface area contributed by atoms with Crippen molar-refractivity contribution in [2.24, 2.45) is 0 Å². The highest BCUT2D eigenvalue weighted by Crippen LogP contribution is 2.13. The van der Waals surface area contributed by atoms with Crippen molar-refractivity contribution in [1.82, 2.24) is 10.4 Å². The monoisotopic (exact) mass is 336 g/mol. The van der Waals surface area contributed by atoms with Crippen LogP contribution < -0.4 is 5.32 Å². The molecule has 1 aromatic carbocycles. The Balaban J connectivity index is 2.08. The highest BCUT2D eigenvalue weighted by atomic mass is 16.7. The predicted octanol–water partition coefficient (Wildman–Crippen LogP) is 1.26. The third-order valence-electron chi connectivity index (χ3n) is 3.32. The van der Waals surface area contributed by atoms with E-state index in [2.05, 4.69) is 5.32 Å². The molecule has 132 valence electrons. The van der Waals surface area contributed by atoms with Gasteiger partial charge in [0.25, 0.3) is 5.91 Å². The number of β-amino-alcohol motifs (C(OH)–C–C–N with tert-alkyl or cyclic N) is 1. The van der Waals surface area contributed by atoms with Gasteiger partial charge in [-0.05, 0) is 26.3 Å². The van der Waals surface area contributed by atoms with Gasteiger partial charge in [0, 0.05) is 6.42 Å². The summed E-state index contributed by atoms with van der Waals surface area (Å²) in [5.41, 5.74) is 0.233. The zero-order valence-electron chi connectivity index (χ0n) is 14.2. The maximum absolute atomic E-state index is 12.6. The van der Waals surface area contributed by atoms with Gasteiger partial charge in [0.15, 0.2) is 0 Å². The quantitative estimate of drug-likeness (QED) is 0.864. The second kappa shape index (κ2) is 7.63. The Morgan fingerprint density at radius 2 is 2.04 bits per heavy atom. The first-order valence-electron chi connectivity index (χ1n) is 7.90. The molecule has 1 saturated heterocycles. The predicted molar refractivity (Wildman–Crippen MR) is 87.0 cm³/mol. The Morgan fingerprint density at radius 1 is 1.38 bits per heavy atom. The lowest BCUT2D eigenvalue weighted by Crippen LogP contribution is -2.50. The number of hydroxylamine groups is 2. The summed E-state index contributed by atoms with van der Waals surface area (Å²) in [6.07, 6.45) is -1.08. The van der Waals surface area contributed by atoms with Crippen LogP contribution in [-0.2, 0) is 20.8 Å². The molecule has 1 heterocycles. The van der Waals surface area contributed by atoms with E-state index < -0.39 is 29.7 Å². The smallest absolute Gasteiger partial charge is 0.408 e. The molecule has 2 N–H and O–H groups in total. The molecule has 24 heavy (non-hydrogen) atoms. The summed E-state index contributed by atoms with van der Waals surface area (Å²) < 4.78 is 5.23. The normalized spacial score (nSPS) is 19.0. The molecule has 0 aromatic heterocycles. The Labute approximate surface area is 141 Å². The second-order valence-corrected chi connectivity index (χ2v) is 6.74. The fourth-order valence-electron chi connectivity index (χ4n) is 2.30. The number of ether oxygens (including phenoxy) is 1. The van der Waals surface area contributed by atoms with Crippen LogP contribution in [0.3, 0.4) is 0 Å². The number of hydrogen-bond donors (Lipinski definition) is 2. The SMILES string of the molecule is CC(C)(C)OC(=O)N[C@@H](Cc1ccccc1)C(=O)N1CC(O)CO1. The second-order valence-electron chi connectivity index (χ2n) is 6.74. The van der Waals surface area contributed by atoms with Crippen LogP contribution in [0.5, 0.6) is 0 Å². The first-order chi connectivity index (χ1) is 11.2. The van der Waals surface area contributed by atoms with Crippen molar-refractivity contribution in [1.29, 1.82) is 0 Å². The molecule has 0 spiro atoms. The number of aliphatic hydroxyl groups is 1. The van der Waals surface area contributed by atoms with E-state index in [0.29, 0.717) is 6.42 Å².